The fourth-order valence-electron chi connectivity index (χ4n) is 2.64. The molecule has 0 spiro atoms. The second-order valence-corrected chi connectivity index (χ2v) is 6.09. The fraction of sp³-hybridized carbons (Fsp3) is 0.350. The molecule has 1 unspecified atom stereocenters. The maximum absolute atomic E-state index is 12.9. The molecule has 0 aliphatic rings. The number of benzene rings is 2. The quantitative estimate of drug-likeness (QED) is 0.775. The average Bonchev–Trinajstić information content (AvgIpc) is 2.61. The molecule has 0 aliphatic heterocycles. The van der Waals surface area contributed by atoms with Crippen molar-refractivity contribution in [2.75, 3.05) is 20.7 Å². The number of hydrogen-bond acceptors (Lipinski definition) is 2. The van der Waals surface area contributed by atoms with Crippen LogP contribution in [0.4, 0.5) is 4.39 Å². The van der Waals surface area contributed by atoms with Crippen molar-refractivity contribution in [1.29, 1.82) is 0 Å². The Kier molecular flexibility index (Phi) is 6.36. The molecule has 0 bridgehead atoms. The van der Waals surface area contributed by atoms with Crippen molar-refractivity contribution >= 4 is 5.91 Å². The molecule has 1 amide bonds. The molecule has 0 aliphatic carbocycles. The summed E-state index contributed by atoms with van der Waals surface area (Å²) in [5.74, 6) is 0.551. The van der Waals surface area contributed by atoms with Gasteiger partial charge in [0.05, 0.1) is 7.11 Å². The molecule has 3 nitrogen and oxygen atoms in total. The number of nitrogens with zero attached hydrogens (tertiary/aromatic N) is 1. The normalized spacial score (nSPS) is 11.8. The summed E-state index contributed by atoms with van der Waals surface area (Å²) in [4.78, 5) is 14.2. The first kappa shape index (κ1) is 18.0. The highest BCUT2D eigenvalue weighted by Gasteiger charge is 2.17. The zero-order valence-electron chi connectivity index (χ0n) is 14.5. The Labute approximate surface area is 143 Å². The molecular weight excluding hydrogens is 305 g/mol. The third-order valence-electron chi connectivity index (χ3n) is 4.15. The predicted octanol–water partition coefficient (Wildman–Crippen LogP) is 3.71. The third-order valence-corrected chi connectivity index (χ3v) is 4.15. The van der Waals surface area contributed by atoms with Gasteiger partial charge in [-0.25, -0.2) is 4.39 Å². The van der Waals surface area contributed by atoms with Crippen LogP contribution in [0.2, 0.25) is 0 Å². The van der Waals surface area contributed by atoms with Gasteiger partial charge in [-0.1, -0.05) is 31.2 Å². The Hall–Kier alpha value is -2.36. The molecule has 0 saturated heterocycles. The highest BCUT2D eigenvalue weighted by atomic mass is 19.1. The van der Waals surface area contributed by atoms with E-state index in [4.69, 9.17) is 4.74 Å². The maximum Gasteiger partial charge on any atom is 0.225 e. The summed E-state index contributed by atoms with van der Waals surface area (Å²) in [5, 5.41) is 0. The minimum absolute atomic E-state index is 0.104. The number of amides is 1. The zero-order valence-corrected chi connectivity index (χ0v) is 14.5. The number of ether oxygens (including phenoxy) is 1. The van der Waals surface area contributed by atoms with Crippen LogP contribution in [0.1, 0.15) is 18.1 Å². The second-order valence-electron chi connectivity index (χ2n) is 6.09. The summed E-state index contributed by atoms with van der Waals surface area (Å²) >= 11 is 0. The smallest absolute Gasteiger partial charge is 0.225 e. The summed E-state index contributed by atoms with van der Waals surface area (Å²) in [5.41, 5.74) is 2.14. The molecule has 2 rings (SSSR count). The van der Waals surface area contributed by atoms with E-state index in [9.17, 15) is 9.18 Å². The van der Waals surface area contributed by atoms with E-state index in [1.807, 2.05) is 38.2 Å². The number of methoxy groups -OCH3 is 1. The lowest BCUT2D eigenvalue weighted by Gasteiger charge is -2.21. The molecule has 0 radical (unpaired) electrons. The van der Waals surface area contributed by atoms with E-state index in [0.29, 0.717) is 13.0 Å². The third kappa shape index (κ3) is 5.08. The van der Waals surface area contributed by atoms with Gasteiger partial charge in [-0.15, -0.1) is 0 Å². The Morgan fingerprint density at radius 3 is 2.25 bits per heavy atom. The van der Waals surface area contributed by atoms with E-state index in [2.05, 4.69) is 0 Å². The Bertz CT molecular complexity index is 652. The van der Waals surface area contributed by atoms with Crippen molar-refractivity contribution in [2.45, 2.75) is 19.8 Å². The standard InChI is InChI=1S/C20H24FNO2/c1-15(14-17-4-8-18(21)9-5-17)20(23)22(2)13-12-16-6-10-19(24-3)11-7-16/h4-11,15H,12-14H2,1-3H3. The van der Waals surface area contributed by atoms with Gasteiger partial charge < -0.3 is 9.64 Å². The van der Waals surface area contributed by atoms with Gasteiger partial charge in [-0.2, -0.15) is 0 Å². The summed E-state index contributed by atoms with van der Waals surface area (Å²) in [7, 11) is 3.47. The van der Waals surface area contributed by atoms with Crippen molar-refractivity contribution in [3.05, 3.63) is 65.5 Å². The van der Waals surface area contributed by atoms with E-state index in [1.165, 1.54) is 17.7 Å². The maximum atomic E-state index is 12.9. The average molecular weight is 329 g/mol. The van der Waals surface area contributed by atoms with Gasteiger partial charge in [0.15, 0.2) is 0 Å². The topological polar surface area (TPSA) is 29.5 Å². The van der Waals surface area contributed by atoms with E-state index < -0.39 is 0 Å². The largest absolute Gasteiger partial charge is 0.497 e. The molecule has 2 aromatic carbocycles. The van der Waals surface area contributed by atoms with Crippen LogP contribution >= 0.6 is 0 Å². The number of rotatable bonds is 7. The monoisotopic (exact) mass is 329 g/mol. The van der Waals surface area contributed by atoms with E-state index in [1.54, 1.807) is 24.1 Å². The van der Waals surface area contributed by atoms with Crippen molar-refractivity contribution < 1.29 is 13.9 Å². The van der Waals surface area contributed by atoms with Crippen LogP contribution in [-0.4, -0.2) is 31.5 Å². The van der Waals surface area contributed by atoms with Crippen molar-refractivity contribution in [3.8, 4) is 5.75 Å². The number of likely N-dealkylation sites (N-methyl/N-ethyl adjacent to an activating group) is 1. The van der Waals surface area contributed by atoms with Gasteiger partial charge in [0.25, 0.3) is 0 Å². The Balaban J connectivity index is 1.84. The highest BCUT2D eigenvalue weighted by molar-refractivity contribution is 5.78. The number of carbonyl (C=O) groups excluding carboxylic acids is 1. The van der Waals surface area contributed by atoms with Gasteiger partial charge in [0.1, 0.15) is 11.6 Å². The van der Waals surface area contributed by atoms with Crippen LogP contribution in [0.3, 0.4) is 0 Å². The summed E-state index contributed by atoms with van der Waals surface area (Å²) in [6.45, 7) is 2.58. The lowest BCUT2D eigenvalue weighted by atomic mass is 9.99. The predicted molar refractivity (Wildman–Crippen MR) is 93.6 cm³/mol. The van der Waals surface area contributed by atoms with Crippen LogP contribution in [0.25, 0.3) is 0 Å². The minimum Gasteiger partial charge on any atom is -0.497 e. The molecule has 0 N–H and O–H groups in total. The molecule has 128 valence electrons. The van der Waals surface area contributed by atoms with Crippen LogP contribution < -0.4 is 4.74 Å². The van der Waals surface area contributed by atoms with Crippen molar-refractivity contribution in [3.63, 3.8) is 0 Å². The SMILES string of the molecule is COc1ccc(CCN(C)C(=O)C(C)Cc2ccc(F)cc2)cc1. The molecule has 0 saturated carbocycles. The molecule has 0 heterocycles. The van der Waals surface area contributed by atoms with E-state index in [0.717, 1.165) is 17.7 Å². The lowest BCUT2D eigenvalue weighted by molar-refractivity contribution is -0.133. The number of carbonyl (C=O) groups is 1. The first-order valence-corrected chi connectivity index (χ1v) is 8.12. The molecular formula is C20H24FNO2. The molecule has 24 heavy (non-hydrogen) atoms. The number of halogens is 1. The first-order valence-electron chi connectivity index (χ1n) is 8.12. The highest BCUT2D eigenvalue weighted by Crippen LogP contribution is 2.14. The van der Waals surface area contributed by atoms with Gasteiger partial charge >= 0.3 is 0 Å². The van der Waals surface area contributed by atoms with E-state index >= 15 is 0 Å². The second kappa shape index (κ2) is 8.48. The molecule has 1 atom stereocenters. The first-order chi connectivity index (χ1) is 11.5. The van der Waals surface area contributed by atoms with Crippen LogP contribution in [0.5, 0.6) is 5.75 Å². The fourth-order valence-corrected chi connectivity index (χ4v) is 2.64. The molecule has 4 heteroatoms. The number of hydrogen-bond donors (Lipinski definition) is 0. The van der Waals surface area contributed by atoms with Crippen LogP contribution in [0.15, 0.2) is 48.5 Å². The van der Waals surface area contributed by atoms with Crippen LogP contribution in [-0.2, 0) is 17.6 Å². The Morgan fingerprint density at radius 2 is 1.67 bits per heavy atom. The van der Waals surface area contributed by atoms with Gasteiger partial charge in [0, 0.05) is 19.5 Å². The zero-order chi connectivity index (χ0) is 17.5. The van der Waals surface area contributed by atoms with Gasteiger partial charge in [0.2, 0.25) is 5.91 Å². The molecule has 2 aromatic rings. The lowest BCUT2D eigenvalue weighted by Crippen LogP contribution is -2.34. The summed E-state index contributed by atoms with van der Waals surface area (Å²) in [6.07, 6.45) is 1.42. The molecule has 0 fully saturated rings. The summed E-state index contributed by atoms with van der Waals surface area (Å²) in [6, 6.07) is 14.2. The molecule has 0 aromatic heterocycles. The van der Waals surface area contributed by atoms with E-state index in [-0.39, 0.29) is 17.6 Å². The van der Waals surface area contributed by atoms with Crippen LogP contribution in [0, 0.1) is 11.7 Å². The van der Waals surface area contributed by atoms with Gasteiger partial charge in [-0.3, -0.25) is 4.79 Å². The summed E-state index contributed by atoms with van der Waals surface area (Å²) < 4.78 is 18.1. The van der Waals surface area contributed by atoms with Crippen molar-refractivity contribution in [2.24, 2.45) is 5.92 Å². The van der Waals surface area contributed by atoms with Crippen molar-refractivity contribution in [1.82, 2.24) is 4.90 Å². The Morgan fingerprint density at radius 1 is 1.08 bits per heavy atom. The van der Waals surface area contributed by atoms with Gasteiger partial charge in [-0.05, 0) is 48.2 Å². The minimum atomic E-state index is -0.255.